The lowest BCUT2D eigenvalue weighted by molar-refractivity contribution is -0.121. The fourth-order valence-electron chi connectivity index (χ4n) is 2.97. The van der Waals surface area contributed by atoms with Crippen LogP contribution in [0.15, 0.2) is 33.4 Å². The number of nitrogens with one attached hydrogen (secondary N) is 1. The Morgan fingerprint density at radius 2 is 2.25 bits per heavy atom. The van der Waals surface area contributed by atoms with E-state index in [1.54, 1.807) is 18.5 Å². The number of halogens is 1. The fourth-order valence-corrected chi connectivity index (χ4v) is 3.21. The third-order valence-corrected chi connectivity index (χ3v) is 4.82. The molecule has 0 unspecified atom stereocenters. The normalized spacial score (nSPS) is 19.9. The summed E-state index contributed by atoms with van der Waals surface area (Å²) in [6, 6.07) is 3.73. The van der Waals surface area contributed by atoms with Gasteiger partial charge in [-0.2, -0.15) is 0 Å². The number of rotatable bonds is 4. The molecule has 2 atom stereocenters. The Bertz CT molecular complexity index is 701. The van der Waals surface area contributed by atoms with Crippen molar-refractivity contribution in [2.75, 3.05) is 18.4 Å². The summed E-state index contributed by atoms with van der Waals surface area (Å²) in [7, 11) is 0. The van der Waals surface area contributed by atoms with Gasteiger partial charge in [0.1, 0.15) is 11.6 Å². The first-order valence-corrected chi connectivity index (χ1v) is 8.91. The lowest BCUT2D eigenvalue weighted by Gasteiger charge is -2.34. The van der Waals surface area contributed by atoms with E-state index in [1.165, 1.54) is 0 Å². The minimum Gasteiger partial charge on any atom is -0.444 e. The Hall–Kier alpha value is -1.73. The zero-order valence-corrected chi connectivity index (χ0v) is 15.4. The number of carbonyl (C=O) groups excluding carboxylic acids is 1. The monoisotopic (exact) mass is 392 g/mol. The molecule has 1 fully saturated rings. The largest absolute Gasteiger partial charge is 0.444 e. The highest BCUT2D eigenvalue weighted by Crippen LogP contribution is 2.27. The Morgan fingerprint density at radius 1 is 1.42 bits per heavy atom. The van der Waals surface area contributed by atoms with Crippen LogP contribution in [0.3, 0.4) is 0 Å². The summed E-state index contributed by atoms with van der Waals surface area (Å²) in [5.74, 6) is 2.07. The van der Waals surface area contributed by atoms with Crippen LogP contribution >= 0.6 is 15.9 Å². The van der Waals surface area contributed by atoms with Crippen molar-refractivity contribution in [3.8, 4) is 0 Å². The molecule has 2 aromatic rings. The lowest BCUT2D eigenvalue weighted by Crippen LogP contribution is -2.42. The number of oxazole rings is 1. The number of hydrogen-bond donors (Lipinski definition) is 1. The number of likely N-dealkylation sites (tertiary alicyclic amines) is 1. The molecule has 2 aromatic heterocycles. The molecule has 3 rings (SSSR count). The Kier molecular flexibility index (Phi) is 5.30. The first-order valence-electron chi connectivity index (χ1n) is 8.11. The summed E-state index contributed by atoms with van der Waals surface area (Å²) in [4.78, 5) is 23.3. The van der Waals surface area contributed by atoms with Gasteiger partial charge in [0.25, 0.3) is 0 Å². The number of pyridine rings is 1. The van der Waals surface area contributed by atoms with Crippen LogP contribution in [0, 0.1) is 12.8 Å². The number of aromatic nitrogens is 2. The Morgan fingerprint density at radius 3 is 2.92 bits per heavy atom. The molecule has 128 valence electrons. The summed E-state index contributed by atoms with van der Waals surface area (Å²) in [5, 5.41) is 2.91. The molecule has 0 bridgehead atoms. The van der Waals surface area contributed by atoms with E-state index in [2.05, 4.69) is 43.0 Å². The van der Waals surface area contributed by atoms with Gasteiger partial charge in [-0.05, 0) is 61.3 Å². The van der Waals surface area contributed by atoms with E-state index in [0.717, 1.165) is 29.6 Å². The zero-order valence-electron chi connectivity index (χ0n) is 13.8. The maximum atomic E-state index is 12.5. The quantitative estimate of drug-likeness (QED) is 0.860. The molecule has 0 radical (unpaired) electrons. The smallest absolute Gasteiger partial charge is 0.229 e. The maximum absolute atomic E-state index is 12.5. The van der Waals surface area contributed by atoms with Gasteiger partial charge in [0.05, 0.1) is 18.2 Å². The molecular formula is C17H21BrN4O2. The summed E-state index contributed by atoms with van der Waals surface area (Å²) in [5.41, 5.74) is 0. The SMILES string of the molecule is Cc1cnc([C@H](C)N2CCC[C@@H](C(=O)Nc3ccc(Br)cn3)C2)o1. The number of hydrogen-bond acceptors (Lipinski definition) is 5. The molecule has 7 heteroatoms. The van der Waals surface area contributed by atoms with Gasteiger partial charge in [0.2, 0.25) is 11.8 Å². The van der Waals surface area contributed by atoms with Crippen molar-refractivity contribution in [3.05, 3.63) is 40.7 Å². The van der Waals surface area contributed by atoms with Gasteiger partial charge in [-0.1, -0.05) is 0 Å². The molecule has 1 aliphatic heterocycles. The van der Waals surface area contributed by atoms with Crippen LogP contribution in [-0.4, -0.2) is 33.9 Å². The summed E-state index contributed by atoms with van der Waals surface area (Å²) in [6.45, 7) is 5.61. The van der Waals surface area contributed by atoms with E-state index in [1.807, 2.05) is 13.0 Å². The van der Waals surface area contributed by atoms with Crippen LogP contribution in [0.5, 0.6) is 0 Å². The third kappa shape index (κ3) is 4.02. The van der Waals surface area contributed by atoms with Crippen molar-refractivity contribution in [2.24, 2.45) is 5.92 Å². The van der Waals surface area contributed by atoms with Crippen molar-refractivity contribution >= 4 is 27.7 Å². The fraction of sp³-hybridized carbons (Fsp3) is 0.471. The van der Waals surface area contributed by atoms with Gasteiger partial charge in [-0.3, -0.25) is 9.69 Å². The van der Waals surface area contributed by atoms with Gasteiger partial charge >= 0.3 is 0 Å². The topological polar surface area (TPSA) is 71.3 Å². The van der Waals surface area contributed by atoms with Crippen LogP contribution < -0.4 is 5.32 Å². The van der Waals surface area contributed by atoms with Gasteiger partial charge in [-0.25, -0.2) is 9.97 Å². The van der Waals surface area contributed by atoms with Gasteiger partial charge in [0, 0.05) is 17.2 Å². The van der Waals surface area contributed by atoms with Crippen molar-refractivity contribution in [1.29, 1.82) is 0 Å². The highest BCUT2D eigenvalue weighted by Gasteiger charge is 2.30. The molecule has 0 aliphatic carbocycles. The maximum Gasteiger partial charge on any atom is 0.229 e. The summed E-state index contributed by atoms with van der Waals surface area (Å²) >= 11 is 3.34. The summed E-state index contributed by atoms with van der Waals surface area (Å²) < 4.78 is 6.52. The van der Waals surface area contributed by atoms with Crippen LogP contribution in [0.2, 0.25) is 0 Å². The second-order valence-corrected chi connectivity index (χ2v) is 7.09. The van der Waals surface area contributed by atoms with Gasteiger partial charge in [-0.15, -0.1) is 0 Å². The molecule has 1 N–H and O–H groups in total. The number of amides is 1. The molecule has 1 amide bonds. The van der Waals surface area contributed by atoms with Crippen molar-refractivity contribution in [1.82, 2.24) is 14.9 Å². The molecular weight excluding hydrogens is 372 g/mol. The first kappa shape index (κ1) is 17.1. The molecule has 0 saturated carbocycles. The average Bonchev–Trinajstić information content (AvgIpc) is 3.03. The van der Waals surface area contributed by atoms with Gasteiger partial charge < -0.3 is 9.73 Å². The van der Waals surface area contributed by atoms with E-state index in [4.69, 9.17) is 4.42 Å². The van der Waals surface area contributed by atoms with E-state index in [0.29, 0.717) is 18.3 Å². The van der Waals surface area contributed by atoms with Crippen LogP contribution in [0.25, 0.3) is 0 Å². The second kappa shape index (κ2) is 7.44. The number of piperidine rings is 1. The second-order valence-electron chi connectivity index (χ2n) is 6.17. The van der Waals surface area contributed by atoms with E-state index >= 15 is 0 Å². The minimum absolute atomic E-state index is 0.0188. The average molecular weight is 393 g/mol. The van der Waals surface area contributed by atoms with Crippen LogP contribution in [0.1, 0.15) is 37.5 Å². The Balaban J connectivity index is 1.62. The van der Waals surface area contributed by atoms with E-state index < -0.39 is 0 Å². The van der Waals surface area contributed by atoms with Crippen LogP contribution in [0.4, 0.5) is 5.82 Å². The molecule has 3 heterocycles. The van der Waals surface area contributed by atoms with Gasteiger partial charge in [0.15, 0.2) is 0 Å². The highest BCUT2D eigenvalue weighted by atomic mass is 79.9. The van der Waals surface area contributed by atoms with Crippen molar-refractivity contribution in [3.63, 3.8) is 0 Å². The standard InChI is InChI=1S/C17H21BrN4O2/c1-11-8-20-17(24-11)12(2)22-7-3-4-13(10-22)16(23)21-15-6-5-14(18)9-19-15/h5-6,8-9,12-13H,3-4,7,10H2,1-2H3,(H,19,21,23)/t12-,13+/m0/s1. The minimum atomic E-state index is -0.0531. The van der Waals surface area contributed by atoms with Crippen LogP contribution in [-0.2, 0) is 4.79 Å². The highest BCUT2D eigenvalue weighted by molar-refractivity contribution is 9.10. The number of aryl methyl sites for hydroxylation is 1. The molecule has 0 aromatic carbocycles. The predicted octanol–water partition coefficient (Wildman–Crippen LogP) is 3.55. The molecule has 6 nitrogen and oxygen atoms in total. The van der Waals surface area contributed by atoms with E-state index in [9.17, 15) is 4.79 Å². The first-order chi connectivity index (χ1) is 11.5. The number of carbonyl (C=O) groups is 1. The third-order valence-electron chi connectivity index (χ3n) is 4.35. The van der Waals surface area contributed by atoms with Crippen molar-refractivity contribution < 1.29 is 9.21 Å². The number of nitrogens with zero attached hydrogens (tertiary/aromatic N) is 3. The Labute approximate surface area is 149 Å². The lowest BCUT2D eigenvalue weighted by atomic mass is 9.96. The van der Waals surface area contributed by atoms with Crippen molar-refractivity contribution in [2.45, 2.75) is 32.7 Å². The van der Waals surface area contributed by atoms with E-state index in [-0.39, 0.29) is 17.9 Å². The zero-order chi connectivity index (χ0) is 17.1. The molecule has 1 saturated heterocycles. The molecule has 0 spiro atoms. The molecule has 24 heavy (non-hydrogen) atoms. The summed E-state index contributed by atoms with van der Waals surface area (Å²) in [6.07, 6.45) is 5.28. The predicted molar refractivity (Wildman–Crippen MR) is 94.5 cm³/mol. The number of anilines is 1. The molecule has 1 aliphatic rings.